The Morgan fingerprint density at radius 1 is 1.20 bits per heavy atom. The van der Waals surface area contributed by atoms with Gasteiger partial charge in [0.25, 0.3) is 0 Å². The van der Waals surface area contributed by atoms with E-state index in [1.807, 2.05) is 12.1 Å². The fraction of sp³-hybridized carbons (Fsp3) is 0.176. The van der Waals surface area contributed by atoms with Crippen LogP contribution in [-0.4, -0.2) is 30.7 Å². The van der Waals surface area contributed by atoms with E-state index in [2.05, 4.69) is 10.1 Å². The zero-order valence-electron chi connectivity index (χ0n) is 12.9. The summed E-state index contributed by atoms with van der Waals surface area (Å²) in [6.45, 7) is -3.20. The maximum Gasteiger partial charge on any atom is 0.387 e. The minimum atomic E-state index is -2.99. The third kappa shape index (κ3) is 4.08. The first kappa shape index (κ1) is 17.2. The van der Waals surface area contributed by atoms with Crippen molar-refractivity contribution in [3.05, 3.63) is 48.5 Å². The molecule has 1 heterocycles. The van der Waals surface area contributed by atoms with Crippen molar-refractivity contribution in [3.63, 3.8) is 0 Å². The zero-order valence-corrected chi connectivity index (χ0v) is 13.8. The Kier molecular flexibility index (Phi) is 5.18. The van der Waals surface area contributed by atoms with Crippen molar-refractivity contribution in [1.29, 1.82) is 0 Å². The number of benzene rings is 2. The van der Waals surface area contributed by atoms with Gasteiger partial charge in [0, 0.05) is 4.90 Å². The molecule has 0 saturated heterocycles. The Labute approximate surface area is 147 Å². The van der Waals surface area contributed by atoms with Crippen LogP contribution in [0.3, 0.4) is 0 Å². The molecule has 0 aromatic heterocycles. The van der Waals surface area contributed by atoms with Crippen LogP contribution in [0.1, 0.15) is 0 Å². The quantitative estimate of drug-likeness (QED) is 0.884. The van der Waals surface area contributed by atoms with Gasteiger partial charge in [0.05, 0.1) is 17.1 Å². The monoisotopic (exact) mass is 364 g/mol. The van der Waals surface area contributed by atoms with Gasteiger partial charge in [-0.3, -0.25) is 9.59 Å². The molecule has 2 aromatic rings. The maximum atomic E-state index is 12.4. The molecular weight excluding hydrogens is 350 g/mol. The molecular formula is C17H14F2N2O3S. The van der Waals surface area contributed by atoms with E-state index in [-0.39, 0.29) is 29.6 Å². The van der Waals surface area contributed by atoms with E-state index in [1.54, 1.807) is 18.2 Å². The van der Waals surface area contributed by atoms with E-state index in [0.717, 1.165) is 4.90 Å². The largest absolute Gasteiger partial charge is 0.433 e. The van der Waals surface area contributed by atoms with Crippen LogP contribution < -0.4 is 15.0 Å². The Morgan fingerprint density at radius 3 is 2.72 bits per heavy atom. The summed E-state index contributed by atoms with van der Waals surface area (Å²) < 4.78 is 29.3. The number of carbonyl (C=O) groups excluding carboxylic acids is 2. The van der Waals surface area contributed by atoms with Crippen molar-refractivity contribution in [2.24, 2.45) is 0 Å². The number of nitrogens with one attached hydrogen (secondary N) is 1. The lowest BCUT2D eigenvalue weighted by Gasteiger charge is -2.28. The number of anilines is 2. The second kappa shape index (κ2) is 7.52. The number of carbonyl (C=O) groups is 2. The van der Waals surface area contributed by atoms with Crippen molar-refractivity contribution in [1.82, 2.24) is 0 Å². The molecule has 0 saturated carbocycles. The van der Waals surface area contributed by atoms with Gasteiger partial charge in [-0.1, -0.05) is 24.3 Å². The molecule has 1 N–H and O–H groups in total. The van der Waals surface area contributed by atoms with Crippen molar-refractivity contribution in [2.45, 2.75) is 11.5 Å². The molecule has 1 aliphatic heterocycles. The number of thioether (sulfide) groups is 1. The number of fused-ring (bicyclic) bond motifs is 1. The van der Waals surface area contributed by atoms with Crippen molar-refractivity contribution < 1.29 is 23.1 Å². The number of rotatable bonds is 5. The summed E-state index contributed by atoms with van der Waals surface area (Å²) in [7, 11) is 0. The molecule has 0 atom stereocenters. The van der Waals surface area contributed by atoms with Crippen molar-refractivity contribution >= 4 is 35.0 Å². The molecule has 130 valence electrons. The minimum Gasteiger partial charge on any atom is -0.433 e. The predicted molar refractivity (Wildman–Crippen MR) is 91.2 cm³/mol. The normalized spacial score (nSPS) is 13.6. The summed E-state index contributed by atoms with van der Waals surface area (Å²) in [4.78, 5) is 26.8. The topological polar surface area (TPSA) is 58.6 Å². The lowest BCUT2D eigenvalue weighted by molar-refractivity contribution is -0.120. The molecule has 5 nitrogen and oxygen atoms in total. The number of ether oxygens (including phenoxy) is 1. The van der Waals surface area contributed by atoms with Crippen LogP contribution >= 0.6 is 11.8 Å². The van der Waals surface area contributed by atoms with E-state index in [4.69, 9.17) is 0 Å². The van der Waals surface area contributed by atoms with Crippen LogP contribution in [0.5, 0.6) is 5.75 Å². The Hall–Kier alpha value is -2.61. The third-order valence-electron chi connectivity index (χ3n) is 3.49. The highest BCUT2D eigenvalue weighted by Gasteiger charge is 2.26. The summed E-state index contributed by atoms with van der Waals surface area (Å²) in [5.74, 6) is -0.571. The van der Waals surface area contributed by atoms with Crippen LogP contribution in [-0.2, 0) is 9.59 Å². The summed E-state index contributed by atoms with van der Waals surface area (Å²) in [6.07, 6.45) is 0. The average molecular weight is 364 g/mol. The number of hydrogen-bond donors (Lipinski definition) is 1. The number of para-hydroxylation sites is 3. The fourth-order valence-electron chi connectivity index (χ4n) is 2.43. The lowest BCUT2D eigenvalue weighted by atomic mass is 10.2. The molecule has 2 amide bonds. The van der Waals surface area contributed by atoms with Crippen LogP contribution in [0.15, 0.2) is 53.4 Å². The van der Waals surface area contributed by atoms with Gasteiger partial charge in [0.15, 0.2) is 0 Å². The first-order valence-corrected chi connectivity index (χ1v) is 8.39. The van der Waals surface area contributed by atoms with E-state index in [1.165, 1.54) is 34.9 Å². The second-order valence-electron chi connectivity index (χ2n) is 5.16. The molecule has 0 unspecified atom stereocenters. The molecule has 0 fully saturated rings. The minimum absolute atomic E-state index is 0.125. The number of amides is 2. The van der Waals surface area contributed by atoms with Crippen LogP contribution in [0, 0.1) is 0 Å². The van der Waals surface area contributed by atoms with Gasteiger partial charge in [-0.05, 0) is 24.3 Å². The number of nitrogens with zero attached hydrogens (tertiary/aromatic N) is 1. The third-order valence-corrected chi connectivity index (χ3v) is 4.53. The van der Waals surface area contributed by atoms with Crippen LogP contribution in [0.25, 0.3) is 0 Å². The van der Waals surface area contributed by atoms with Gasteiger partial charge < -0.3 is 15.0 Å². The molecule has 2 aromatic carbocycles. The number of alkyl halides is 2. The molecule has 1 aliphatic rings. The molecule has 3 rings (SSSR count). The Morgan fingerprint density at radius 2 is 1.92 bits per heavy atom. The maximum absolute atomic E-state index is 12.4. The van der Waals surface area contributed by atoms with E-state index in [0.29, 0.717) is 5.69 Å². The highest BCUT2D eigenvalue weighted by atomic mass is 32.2. The first-order chi connectivity index (χ1) is 12.0. The number of hydrogen-bond acceptors (Lipinski definition) is 4. The van der Waals surface area contributed by atoms with E-state index in [9.17, 15) is 18.4 Å². The first-order valence-electron chi connectivity index (χ1n) is 7.40. The van der Waals surface area contributed by atoms with Gasteiger partial charge >= 0.3 is 6.61 Å². The molecule has 0 spiro atoms. The standard InChI is InChI=1S/C17H14F2N2O3S/c18-17(19)24-13-7-3-1-5-11(13)20-15(22)9-21-12-6-2-4-8-14(12)25-10-16(21)23/h1-8,17H,9-10H2,(H,20,22). The van der Waals surface area contributed by atoms with Crippen LogP contribution in [0.4, 0.5) is 20.2 Å². The molecule has 0 aliphatic carbocycles. The van der Waals surface area contributed by atoms with Gasteiger partial charge in [0.2, 0.25) is 11.8 Å². The summed E-state index contributed by atoms with van der Waals surface area (Å²) in [5.41, 5.74) is 0.788. The van der Waals surface area contributed by atoms with Crippen molar-refractivity contribution in [2.75, 3.05) is 22.5 Å². The molecule has 0 bridgehead atoms. The SMILES string of the molecule is O=C(CN1C(=O)CSc2ccccc21)Nc1ccccc1OC(F)F. The van der Waals surface area contributed by atoms with E-state index < -0.39 is 12.5 Å². The van der Waals surface area contributed by atoms with Crippen molar-refractivity contribution in [3.8, 4) is 5.75 Å². The fourth-order valence-corrected chi connectivity index (χ4v) is 3.37. The number of halogens is 2. The Balaban J connectivity index is 1.75. The second-order valence-corrected chi connectivity index (χ2v) is 6.18. The van der Waals surface area contributed by atoms with Gasteiger partial charge in [-0.2, -0.15) is 8.78 Å². The molecule has 25 heavy (non-hydrogen) atoms. The summed E-state index contributed by atoms with van der Waals surface area (Å²) in [5, 5.41) is 2.52. The molecule has 8 heteroatoms. The van der Waals surface area contributed by atoms with Gasteiger partial charge in [0.1, 0.15) is 12.3 Å². The molecule has 0 radical (unpaired) electrons. The summed E-state index contributed by atoms with van der Waals surface area (Å²) in [6, 6.07) is 13.2. The van der Waals surface area contributed by atoms with Gasteiger partial charge in [-0.15, -0.1) is 11.8 Å². The zero-order chi connectivity index (χ0) is 17.8. The lowest BCUT2D eigenvalue weighted by Crippen LogP contribution is -2.41. The highest BCUT2D eigenvalue weighted by Crippen LogP contribution is 2.34. The van der Waals surface area contributed by atoms with E-state index >= 15 is 0 Å². The summed E-state index contributed by atoms with van der Waals surface area (Å²) >= 11 is 1.41. The highest BCUT2D eigenvalue weighted by molar-refractivity contribution is 8.00. The smallest absolute Gasteiger partial charge is 0.387 e. The predicted octanol–water partition coefficient (Wildman–Crippen LogP) is 3.37. The van der Waals surface area contributed by atoms with Crippen LogP contribution in [0.2, 0.25) is 0 Å². The van der Waals surface area contributed by atoms with Gasteiger partial charge in [-0.25, -0.2) is 0 Å². The average Bonchev–Trinajstić information content (AvgIpc) is 2.59. The Bertz CT molecular complexity index is 801.